The van der Waals surface area contributed by atoms with Crippen molar-refractivity contribution in [3.63, 3.8) is 0 Å². The Morgan fingerprint density at radius 3 is 2.90 bits per heavy atom. The number of halogens is 1. The molecule has 1 N–H and O–H groups in total. The van der Waals surface area contributed by atoms with Crippen molar-refractivity contribution in [3.8, 4) is 11.6 Å². The van der Waals surface area contributed by atoms with E-state index in [1.807, 2.05) is 6.92 Å². The first-order chi connectivity index (χ1) is 10.1. The number of benzene rings is 1. The second-order valence-electron chi connectivity index (χ2n) is 4.14. The quantitative estimate of drug-likeness (QED) is 0.647. The molecule has 21 heavy (non-hydrogen) atoms. The first-order valence-corrected chi connectivity index (χ1v) is 6.65. The molecule has 2 aromatic rings. The van der Waals surface area contributed by atoms with Crippen LogP contribution >= 0.6 is 11.6 Å². The van der Waals surface area contributed by atoms with Crippen LogP contribution in [0.1, 0.15) is 13.3 Å². The molecule has 0 aliphatic rings. The minimum atomic E-state index is -0.554. The van der Waals surface area contributed by atoms with Crippen molar-refractivity contribution >= 4 is 23.1 Å². The number of hydrogen-bond acceptors (Lipinski definition) is 6. The predicted molar refractivity (Wildman–Crippen MR) is 79.0 cm³/mol. The molecule has 110 valence electrons. The number of nitrogens with zero attached hydrogens (tertiary/aromatic N) is 3. The van der Waals surface area contributed by atoms with Crippen LogP contribution in [0.5, 0.6) is 11.6 Å². The van der Waals surface area contributed by atoms with Crippen molar-refractivity contribution in [2.45, 2.75) is 13.3 Å². The molecule has 0 saturated heterocycles. The van der Waals surface area contributed by atoms with Crippen molar-refractivity contribution in [1.29, 1.82) is 0 Å². The van der Waals surface area contributed by atoms with Crippen LogP contribution < -0.4 is 10.1 Å². The Balaban J connectivity index is 2.14. The molecule has 1 aromatic carbocycles. The van der Waals surface area contributed by atoms with E-state index in [0.717, 1.165) is 13.0 Å². The Morgan fingerprint density at radius 2 is 2.24 bits per heavy atom. The molecule has 0 aliphatic heterocycles. The van der Waals surface area contributed by atoms with Crippen LogP contribution in [0.15, 0.2) is 30.6 Å². The zero-order valence-corrected chi connectivity index (χ0v) is 12.0. The summed E-state index contributed by atoms with van der Waals surface area (Å²) in [5, 5.41) is 13.8. The predicted octanol–water partition coefficient (Wildman–Crippen LogP) is 3.65. The van der Waals surface area contributed by atoms with Gasteiger partial charge in [-0.3, -0.25) is 15.1 Å². The van der Waals surface area contributed by atoms with Gasteiger partial charge in [-0.15, -0.1) is 0 Å². The highest BCUT2D eigenvalue weighted by Gasteiger charge is 2.13. The number of nitrogens with one attached hydrogen (secondary N) is 1. The summed E-state index contributed by atoms with van der Waals surface area (Å²) in [6.45, 7) is 2.82. The topological polar surface area (TPSA) is 90.2 Å². The van der Waals surface area contributed by atoms with Crippen LogP contribution in [-0.2, 0) is 0 Å². The zero-order valence-electron chi connectivity index (χ0n) is 11.2. The van der Waals surface area contributed by atoms with Gasteiger partial charge in [0.2, 0.25) is 5.88 Å². The fourth-order valence-electron chi connectivity index (χ4n) is 1.56. The number of hydrogen-bond donors (Lipinski definition) is 1. The Kier molecular flexibility index (Phi) is 4.89. The van der Waals surface area contributed by atoms with Gasteiger partial charge in [0.1, 0.15) is 16.6 Å². The lowest BCUT2D eigenvalue weighted by Gasteiger charge is -2.07. The Labute approximate surface area is 126 Å². The van der Waals surface area contributed by atoms with Gasteiger partial charge in [0.15, 0.2) is 0 Å². The highest BCUT2D eigenvalue weighted by Crippen LogP contribution is 2.30. The number of nitro groups is 1. The molecular weight excluding hydrogens is 296 g/mol. The fourth-order valence-corrected chi connectivity index (χ4v) is 1.79. The molecule has 0 radical (unpaired) electrons. The van der Waals surface area contributed by atoms with Crippen LogP contribution in [0.2, 0.25) is 5.02 Å². The molecule has 7 nitrogen and oxygen atoms in total. The molecule has 8 heteroatoms. The second-order valence-corrected chi connectivity index (χ2v) is 4.55. The zero-order chi connectivity index (χ0) is 15.2. The van der Waals surface area contributed by atoms with Gasteiger partial charge in [-0.05, 0) is 12.5 Å². The fraction of sp³-hybridized carbons (Fsp3) is 0.231. The van der Waals surface area contributed by atoms with Crippen molar-refractivity contribution in [2.24, 2.45) is 0 Å². The third-order valence-corrected chi connectivity index (χ3v) is 2.81. The normalized spacial score (nSPS) is 10.2. The largest absolute Gasteiger partial charge is 0.437 e. The van der Waals surface area contributed by atoms with Crippen molar-refractivity contribution in [3.05, 3.63) is 45.7 Å². The van der Waals surface area contributed by atoms with Crippen LogP contribution in [0.3, 0.4) is 0 Å². The molecule has 0 amide bonds. The number of ether oxygens (including phenoxy) is 1. The smallest absolute Gasteiger partial charge is 0.288 e. The SMILES string of the molecule is CCCNc1cncc(Oc2ccc([N+](=O)[O-])c(Cl)c2)n1. The summed E-state index contributed by atoms with van der Waals surface area (Å²) < 4.78 is 5.49. The first-order valence-electron chi connectivity index (χ1n) is 6.28. The van der Waals surface area contributed by atoms with E-state index in [4.69, 9.17) is 16.3 Å². The van der Waals surface area contributed by atoms with Crippen LogP contribution in [-0.4, -0.2) is 21.4 Å². The van der Waals surface area contributed by atoms with Gasteiger partial charge < -0.3 is 10.1 Å². The Morgan fingerprint density at radius 1 is 1.43 bits per heavy atom. The third kappa shape index (κ3) is 4.03. The summed E-state index contributed by atoms with van der Waals surface area (Å²) in [6, 6.07) is 4.11. The van der Waals surface area contributed by atoms with Crippen LogP contribution in [0.4, 0.5) is 11.5 Å². The van der Waals surface area contributed by atoms with Gasteiger partial charge in [0, 0.05) is 18.7 Å². The van der Waals surface area contributed by atoms with Gasteiger partial charge in [0.05, 0.1) is 17.3 Å². The Bertz CT molecular complexity index is 651. The van der Waals surface area contributed by atoms with Crippen molar-refractivity contribution in [2.75, 3.05) is 11.9 Å². The maximum atomic E-state index is 10.7. The van der Waals surface area contributed by atoms with E-state index >= 15 is 0 Å². The molecule has 1 heterocycles. The molecule has 0 spiro atoms. The molecule has 0 bridgehead atoms. The highest BCUT2D eigenvalue weighted by atomic mass is 35.5. The minimum Gasteiger partial charge on any atom is -0.437 e. The van der Waals surface area contributed by atoms with E-state index < -0.39 is 4.92 Å². The minimum absolute atomic E-state index is 0.00530. The highest BCUT2D eigenvalue weighted by molar-refractivity contribution is 6.32. The molecule has 0 saturated carbocycles. The van der Waals surface area contributed by atoms with E-state index in [2.05, 4.69) is 15.3 Å². The van der Waals surface area contributed by atoms with Gasteiger partial charge in [0.25, 0.3) is 5.69 Å². The van der Waals surface area contributed by atoms with E-state index in [1.54, 1.807) is 6.20 Å². The molecule has 0 atom stereocenters. The molecule has 2 rings (SSSR count). The average molecular weight is 309 g/mol. The second kappa shape index (κ2) is 6.85. The van der Waals surface area contributed by atoms with Gasteiger partial charge in [-0.1, -0.05) is 18.5 Å². The van der Waals surface area contributed by atoms with Crippen molar-refractivity contribution in [1.82, 2.24) is 9.97 Å². The summed E-state index contributed by atoms with van der Waals surface area (Å²) in [4.78, 5) is 18.4. The summed E-state index contributed by atoms with van der Waals surface area (Å²) in [5.74, 6) is 1.23. The molecular formula is C13H13ClN4O3. The number of aromatic nitrogens is 2. The van der Waals surface area contributed by atoms with E-state index in [0.29, 0.717) is 11.6 Å². The molecule has 0 aliphatic carbocycles. The summed E-state index contributed by atoms with van der Waals surface area (Å²) in [7, 11) is 0. The number of nitro benzene ring substituents is 1. The average Bonchev–Trinajstić information content (AvgIpc) is 2.45. The van der Waals surface area contributed by atoms with E-state index in [9.17, 15) is 10.1 Å². The summed E-state index contributed by atoms with van der Waals surface area (Å²) in [6.07, 6.45) is 4.00. The van der Waals surface area contributed by atoms with E-state index in [-0.39, 0.29) is 16.6 Å². The third-order valence-electron chi connectivity index (χ3n) is 2.51. The number of rotatable bonds is 6. The van der Waals surface area contributed by atoms with Gasteiger partial charge >= 0.3 is 0 Å². The van der Waals surface area contributed by atoms with E-state index in [1.165, 1.54) is 24.4 Å². The first kappa shape index (κ1) is 15.0. The monoisotopic (exact) mass is 308 g/mol. The van der Waals surface area contributed by atoms with Crippen LogP contribution in [0, 0.1) is 10.1 Å². The standard InChI is InChI=1S/C13H13ClN4O3/c1-2-5-16-12-7-15-8-13(17-12)21-9-3-4-11(18(19)20)10(14)6-9/h3-4,6-8H,2,5H2,1H3,(H,16,17). The Hall–Kier alpha value is -2.41. The molecule has 0 unspecified atom stereocenters. The lowest BCUT2D eigenvalue weighted by atomic mass is 10.3. The van der Waals surface area contributed by atoms with Gasteiger partial charge in [-0.2, -0.15) is 4.98 Å². The maximum absolute atomic E-state index is 10.7. The van der Waals surface area contributed by atoms with Crippen LogP contribution in [0.25, 0.3) is 0 Å². The maximum Gasteiger partial charge on any atom is 0.288 e. The summed E-state index contributed by atoms with van der Waals surface area (Å²) >= 11 is 5.82. The van der Waals surface area contributed by atoms with Crippen molar-refractivity contribution < 1.29 is 9.66 Å². The van der Waals surface area contributed by atoms with Gasteiger partial charge in [-0.25, -0.2) is 0 Å². The summed E-state index contributed by atoms with van der Waals surface area (Å²) in [5.41, 5.74) is -0.173. The lowest BCUT2D eigenvalue weighted by molar-refractivity contribution is -0.384. The molecule has 1 aromatic heterocycles. The lowest BCUT2D eigenvalue weighted by Crippen LogP contribution is -2.03. The molecule has 0 fully saturated rings. The number of anilines is 1.